The summed E-state index contributed by atoms with van der Waals surface area (Å²) in [5, 5.41) is 3.85. The molecule has 4 rings (SSSR count). The summed E-state index contributed by atoms with van der Waals surface area (Å²) in [5.74, 6) is 0.358. The number of halogens is 3. The van der Waals surface area contributed by atoms with Crippen molar-refractivity contribution in [2.24, 2.45) is 0 Å². The molecule has 0 aliphatic carbocycles. The predicted octanol–water partition coefficient (Wildman–Crippen LogP) is 1.93. The summed E-state index contributed by atoms with van der Waals surface area (Å²) in [4.78, 5) is 8.42. The lowest BCUT2D eigenvalue weighted by Gasteiger charge is -2.40. The van der Waals surface area contributed by atoms with Gasteiger partial charge in [-0.2, -0.15) is 35.2 Å². The van der Waals surface area contributed by atoms with Gasteiger partial charge < -0.3 is 9.42 Å². The molecule has 13 heteroatoms. The molecule has 2 saturated heterocycles. The van der Waals surface area contributed by atoms with Gasteiger partial charge in [-0.05, 0) is 26.1 Å². The lowest BCUT2D eigenvalue weighted by atomic mass is 10.1. The van der Waals surface area contributed by atoms with Gasteiger partial charge in [-0.1, -0.05) is 17.3 Å². The maximum absolute atomic E-state index is 13.0. The fraction of sp³-hybridized carbons (Fsp3) is 0.600. The molecule has 9 nitrogen and oxygen atoms in total. The van der Waals surface area contributed by atoms with Crippen molar-refractivity contribution < 1.29 is 26.1 Å². The Balaban J connectivity index is 1.39. The largest absolute Gasteiger partial charge is 0.416 e. The molecule has 0 saturated carbocycles. The van der Waals surface area contributed by atoms with Crippen LogP contribution in [0, 0.1) is 0 Å². The molecule has 0 amide bonds. The monoisotopic (exact) mass is 488 g/mol. The first kappa shape index (κ1) is 24.1. The Hall–Kier alpha value is -2.06. The number of rotatable bonds is 5. The number of hydrogen-bond donors (Lipinski definition) is 0. The lowest BCUT2D eigenvalue weighted by molar-refractivity contribution is -0.137. The molecule has 1 atom stereocenters. The third kappa shape index (κ3) is 5.22. The first-order chi connectivity index (χ1) is 15.6. The Labute approximate surface area is 190 Å². The van der Waals surface area contributed by atoms with Gasteiger partial charge in [0.05, 0.1) is 11.6 Å². The van der Waals surface area contributed by atoms with E-state index in [1.165, 1.54) is 20.7 Å². The summed E-state index contributed by atoms with van der Waals surface area (Å²) in [6, 6.07) is 4.48. The molecule has 2 aromatic rings. The van der Waals surface area contributed by atoms with E-state index in [9.17, 15) is 21.6 Å². The first-order valence-electron chi connectivity index (χ1n) is 10.7. The van der Waals surface area contributed by atoms with Gasteiger partial charge >= 0.3 is 6.18 Å². The molecule has 0 radical (unpaired) electrons. The number of benzene rings is 1. The van der Waals surface area contributed by atoms with Crippen LogP contribution < -0.4 is 0 Å². The molecule has 0 bridgehead atoms. The van der Waals surface area contributed by atoms with Crippen LogP contribution in [-0.2, 0) is 16.4 Å². The van der Waals surface area contributed by atoms with Crippen molar-refractivity contribution in [1.82, 2.24) is 28.6 Å². The van der Waals surface area contributed by atoms with Crippen LogP contribution in [0.15, 0.2) is 28.8 Å². The Kier molecular flexibility index (Phi) is 6.78. The van der Waals surface area contributed by atoms with Crippen molar-refractivity contribution >= 4 is 10.2 Å². The number of piperazine rings is 2. The number of alkyl halides is 3. The minimum absolute atomic E-state index is 0.0826. The van der Waals surface area contributed by atoms with Gasteiger partial charge in [0.25, 0.3) is 10.2 Å². The van der Waals surface area contributed by atoms with Crippen molar-refractivity contribution in [3.8, 4) is 11.4 Å². The molecule has 33 heavy (non-hydrogen) atoms. The topological polar surface area (TPSA) is 86.0 Å². The Morgan fingerprint density at radius 3 is 2.21 bits per heavy atom. The summed E-state index contributed by atoms with van der Waals surface area (Å²) < 4.78 is 73.2. The van der Waals surface area contributed by atoms with E-state index in [-0.39, 0.29) is 23.3 Å². The smallest absolute Gasteiger partial charge is 0.337 e. The molecular weight excluding hydrogens is 461 g/mol. The SMILES string of the molecule is CC(c1nc(-c2cccc(C(F)(F)F)c2)no1)N1CCN(S(=O)(=O)N2CCN(C)CC2)CC1. The van der Waals surface area contributed by atoms with Crippen LogP contribution in [0.5, 0.6) is 0 Å². The van der Waals surface area contributed by atoms with Gasteiger partial charge in [-0.25, -0.2) is 0 Å². The van der Waals surface area contributed by atoms with E-state index in [0.29, 0.717) is 52.4 Å². The van der Waals surface area contributed by atoms with E-state index >= 15 is 0 Å². The number of likely N-dealkylation sites (N-methyl/N-ethyl adjacent to an activating group) is 1. The molecule has 2 aliphatic rings. The number of hydrogen-bond acceptors (Lipinski definition) is 7. The molecule has 0 spiro atoms. The fourth-order valence-corrected chi connectivity index (χ4v) is 5.59. The fourth-order valence-electron chi connectivity index (χ4n) is 4.02. The zero-order valence-electron chi connectivity index (χ0n) is 18.5. The molecule has 2 aliphatic heterocycles. The summed E-state index contributed by atoms with van der Waals surface area (Å²) >= 11 is 0. The van der Waals surface area contributed by atoms with E-state index in [1.54, 1.807) is 0 Å². The number of nitrogens with zero attached hydrogens (tertiary/aromatic N) is 6. The van der Waals surface area contributed by atoms with E-state index < -0.39 is 21.9 Å². The third-order valence-electron chi connectivity index (χ3n) is 6.18. The Morgan fingerprint density at radius 2 is 1.61 bits per heavy atom. The van der Waals surface area contributed by atoms with Crippen molar-refractivity contribution in [3.05, 3.63) is 35.7 Å². The maximum atomic E-state index is 13.0. The van der Waals surface area contributed by atoms with Crippen LogP contribution >= 0.6 is 0 Å². The van der Waals surface area contributed by atoms with Gasteiger partial charge in [-0.3, -0.25) is 4.90 Å². The summed E-state index contributed by atoms with van der Waals surface area (Å²) in [6.45, 7) is 5.88. The van der Waals surface area contributed by atoms with Crippen molar-refractivity contribution in [2.45, 2.75) is 19.1 Å². The van der Waals surface area contributed by atoms with Crippen molar-refractivity contribution in [2.75, 3.05) is 59.4 Å². The van der Waals surface area contributed by atoms with Gasteiger partial charge in [0, 0.05) is 57.9 Å². The highest BCUT2D eigenvalue weighted by atomic mass is 32.2. The van der Waals surface area contributed by atoms with E-state index in [2.05, 4.69) is 15.0 Å². The second kappa shape index (κ2) is 9.29. The molecule has 1 aromatic carbocycles. The molecule has 0 N–H and O–H groups in total. The molecule has 3 heterocycles. The normalized spacial score (nSPS) is 21.4. The van der Waals surface area contributed by atoms with E-state index in [1.807, 2.05) is 18.9 Å². The molecule has 1 aromatic heterocycles. The molecule has 2 fully saturated rings. The molecular formula is C20H27F3N6O3S. The quantitative estimate of drug-likeness (QED) is 0.636. The highest BCUT2D eigenvalue weighted by molar-refractivity contribution is 7.86. The summed E-state index contributed by atoms with van der Waals surface area (Å²) in [7, 11) is -1.53. The predicted molar refractivity (Wildman–Crippen MR) is 114 cm³/mol. The zero-order valence-corrected chi connectivity index (χ0v) is 19.3. The zero-order chi connectivity index (χ0) is 23.8. The highest BCUT2D eigenvalue weighted by Gasteiger charge is 2.36. The van der Waals surface area contributed by atoms with Crippen LogP contribution in [0.1, 0.15) is 24.4 Å². The van der Waals surface area contributed by atoms with E-state index in [4.69, 9.17) is 4.52 Å². The molecule has 182 valence electrons. The van der Waals surface area contributed by atoms with Crippen LogP contribution in [0.3, 0.4) is 0 Å². The minimum atomic E-state index is -4.46. The Bertz CT molecular complexity index is 1060. The van der Waals surface area contributed by atoms with Gasteiger partial charge in [0.15, 0.2) is 0 Å². The van der Waals surface area contributed by atoms with Gasteiger partial charge in [0.1, 0.15) is 0 Å². The average molecular weight is 489 g/mol. The maximum Gasteiger partial charge on any atom is 0.416 e. The molecule has 1 unspecified atom stereocenters. The van der Waals surface area contributed by atoms with Crippen LogP contribution in [0.25, 0.3) is 11.4 Å². The number of aromatic nitrogens is 2. The summed E-state index contributed by atoms with van der Waals surface area (Å²) in [5.41, 5.74) is -0.563. The lowest BCUT2D eigenvalue weighted by Crippen LogP contribution is -2.56. The van der Waals surface area contributed by atoms with Crippen LogP contribution in [0.2, 0.25) is 0 Å². The Morgan fingerprint density at radius 1 is 1.00 bits per heavy atom. The van der Waals surface area contributed by atoms with Gasteiger partial charge in [0.2, 0.25) is 11.7 Å². The highest BCUT2D eigenvalue weighted by Crippen LogP contribution is 2.32. The van der Waals surface area contributed by atoms with Crippen LogP contribution in [-0.4, -0.2) is 96.4 Å². The minimum Gasteiger partial charge on any atom is -0.337 e. The van der Waals surface area contributed by atoms with Crippen LogP contribution in [0.4, 0.5) is 13.2 Å². The average Bonchev–Trinajstić information content (AvgIpc) is 3.29. The third-order valence-corrected chi connectivity index (χ3v) is 8.22. The second-order valence-electron chi connectivity index (χ2n) is 8.36. The van der Waals surface area contributed by atoms with Crippen molar-refractivity contribution in [3.63, 3.8) is 0 Å². The van der Waals surface area contributed by atoms with E-state index in [0.717, 1.165) is 12.1 Å². The second-order valence-corrected chi connectivity index (χ2v) is 10.3. The summed E-state index contributed by atoms with van der Waals surface area (Å²) in [6.07, 6.45) is -4.46. The standard InChI is InChI=1S/C20H27F3N6O3S/c1-15(19-24-18(25-32-19)16-4-3-5-17(14-16)20(21,22)23)27-8-12-29(13-9-27)33(30,31)28-10-6-26(2)7-11-28/h3-5,14-15H,6-13H2,1-2H3. The van der Waals surface area contributed by atoms with Gasteiger partial charge in [-0.15, -0.1) is 0 Å². The first-order valence-corrected chi connectivity index (χ1v) is 12.1. The van der Waals surface area contributed by atoms with Crippen molar-refractivity contribution in [1.29, 1.82) is 0 Å².